The Morgan fingerprint density at radius 1 is 1.24 bits per heavy atom. The lowest BCUT2D eigenvalue weighted by molar-refractivity contribution is 0.451. The van der Waals surface area contributed by atoms with E-state index in [2.05, 4.69) is 0 Å². The second-order valence-electron chi connectivity index (χ2n) is 5.52. The Bertz CT molecular complexity index is 313. The minimum Gasteiger partial charge on any atom is -0.330 e. The summed E-state index contributed by atoms with van der Waals surface area (Å²) < 4.78 is 24.8. The fraction of sp³-hybridized carbons (Fsp3) is 1.00. The van der Waals surface area contributed by atoms with Gasteiger partial charge in [-0.25, -0.2) is 8.42 Å². The van der Waals surface area contributed by atoms with Crippen LogP contribution in [0.1, 0.15) is 52.4 Å². The van der Waals surface area contributed by atoms with Crippen molar-refractivity contribution in [3.8, 4) is 0 Å². The van der Waals surface area contributed by atoms with Crippen molar-refractivity contribution in [1.82, 2.24) is 0 Å². The van der Waals surface area contributed by atoms with E-state index in [9.17, 15) is 8.42 Å². The van der Waals surface area contributed by atoms with Crippen molar-refractivity contribution in [3.05, 3.63) is 0 Å². The van der Waals surface area contributed by atoms with Gasteiger partial charge in [0.1, 0.15) is 0 Å². The van der Waals surface area contributed by atoms with Crippen molar-refractivity contribution in [2.24, 2.45) is 17.6 Å². The summed E-state index contributed by atoms with van der Waals surface area (Å²) in [6.45, 7) is 4.59. The van der Waals surface area contributed by atoms with Gasteiger partial charge in [-0.2, -0.15) is 0 Å². The first-order chi connectivity index (χ1) is 8.01. The van der Waals surface area contributed by atoms with Crippen LogP contribution in [0.25, 0.3) is 0 Å². The molecule has 0 amide bonds. The van der Waals surface area contributed by atoms with Crippen molar-refractivity contribution >= 4 is 9.84 Å². The van der Waals surface area contributed by atoms with Gasteiger partial charge >= 0.3 is 0 Å². The highest BCUT2D eigenvalue weighted by Gasteiger charge is 2.33. The lowest BCUT2D eigenvalue weighted by atomic mass is 10.0. The normalized spacial score (nSPS) is 28.6. The number of sulfone groups is 1. The summed E-state index contributed by atoms with van der Waals surface area (Å²) in [6.07, 6.45) is 6.07. The summed E-state index contributed by atoms with van der Waals surface area (Å²) in [4.78, 5) is 0. The van der Waals surface area contributed by atoms with E-state index < -0.39 is 9.84 Å². The number of nitrogens with two attached hydrogens (primary N) is 1. The minimum atomic E-state index is -2.96. The Morgan fingerprint density at radius 2 is 1.88 bits per heavy atom. The van der Waals surface area contributed by atoms with E-state index in [1.807, 2.05) is 13.8 Å². The van der Waals surface area contributed by atoms with Crippen molar-refractivity contribution < 1.29 is 8.42 Å². The van der Waals surface area contributed by atoms with Crippen LogP contribution in [0.15, 0.2) is 0 Å². The Morgan fingerprint density at radius 3 is 2.47 bits per heavy atom. The van der Waals surface area contributed by atoms with Gasteiger partial charge in [-0.3, -0.25) is 0 Å². The molecule has 0 spiro atoms. The standard InChI is InChI=1S/C13H27NO2S/c1-3-11(2)10-17(15,16)13-8-6-4-5-7-12(13)9-14/h11-13H,3-10,14H2,1-2H3. The Labute approximate surface area is 106 Å². The smallest absolute Gasteiger partial charge is 0.153 e. The summed E-state index contributed by atoms with van der Waals surface area (Å²) in [5.74, 6) is 0.790. The van der Waals surface area contributed by atoms with Gasteiger partial charge < -0.3 is 5.73 Å². The number of hydrogen-bond donors (Lipinski definition) is 1. The molecule has 0 bridgehead atoms. The molecule has 0 saturated heterocycles. The van der Waals surface area contributed by atoms with Crippen molar-refractivity contribution in [2.75, 3.05) is 12.3 Å². The maximum Gasteiger partial charge on any atom is 0.153 e. The molecule has 3 unspecified atom stereocenters. The molecule has 0 aromatic heterocycles. The fourth-order valence-electron chi connectivity index (χ4n) is 2.73. The van der Waals surface area contributed by atoms with Gasteiger partial charge in [0, 0.05) is 0 Å². The Kier molecular flexibility index (Phi) is 5.93. The third-order valence-electron chi connectivity index (χ3n) is 4.07. The molecule has 3 nitrogen and oxygen atoms in total. The van der Waals surface area contributed by atoms with Crippen LogP contribution >= 0.6 is 0 Å². The van der Waals surface area contributed by atoms with Crippen LogP contribution in [0.4, 0.5) is 0 Å². The van der Waals surface area contributed by atoms with E-state index in [1.54, 1.807) is 0 Å². The molecule has 0 aromatic carbocycles. The molecule has 1 rings (SSSR count). The molecule has 0 radical (unpaired) electrons. The number of hydrogen-bond acceptors (Lipinski definition) is 3. The molecule has 1 aliphatic rings. The van der Waals surface area contributed by atoms with Crippen LogP contribution in [0.3, 0.4) is 0 Å². The predicted octanol–water partition coefficient (Wildman–Crippen LogP) is 2.35. The van der Waals surface area contributed by atoms with Gasteiger partial charge in [-0.05, 0) is 31.2 Å². The summed E-state index contributed by atoms with van der Waals surface area (Å²) in [7, 11) is -2.96. The highest BCUT2D eigenvalue weighted by atomic mass is 32.2. The van der Waals surface area contributed by atoms with E-state index in [0.29, 0.717) is 12.3 Å². The van der Waals surface area contributed by atoms with E-state index >= 15 is 0 Å². The molecule has 1 fully saturated rings. The Hall–Kier alpha value is -0.0900. The molecular weight excluding hydrogens is 234 g/mol. The molecule has 2 N–H and O–H groups in total. The van der Waals surface area contributed by atoms with Gasteiger partial charge in [0.15, 0.2) is 9.84 Å². The van der Waals surface area contributed by atoms with Crippen LogP contribution in [-0.2, 0) is 9.84 Å². The summed E-state index contributed by atoms with van der Waals surface area (Å²) in [5, 5.41) is -0.177. The highest BCUT2D eigenvalue weighted by Crippen LogP contribution is 2.29. The van der Waals surface area contributed by atoms with Crippen LogP contribution in [0.2, 0.25) is 0 Å². The summed E-state index contributed by atoms with van der Waals surface area (Å²) in [6, 6.07) is 0. The molecule has 0 heterocycles. The zero-order valence-corrected chi connectivity index (χ0v) is 12.0. The average molecular weight is 261 g/mol. The summed E-state index contributed by atoms with van der Waals surface area (Å²) in [5.41, 5.74) is 5.76. The number of rotatable bonds is 5. The van der Waals surface area contributed by atoms with E-state index in [1.165, 1.54) is 0 Å². The van der Waals surface area contributed by atoms with Gasteiger partial charge in [0.2, 0.25) is 0 Å². The Balaban J connectivity index is 2.78. The van der Waals surface area contributed by atoms with Gasteiger partial charge in [0.05, 0.1) is 11.0 Å². The van der Waals surface area contributed by atoms with E-state index in [4.69, 9.17) is 5.73 Å². The van der Waals surface area contributed by atoms with Gasteiger partial charge in [0.25, 0.3) is 0 Å². The summed E-state index contributed by atoms with van der Waals surface area (Å²) >= 11 is 0. The molecule has 1 saturated carbocycles. The van der Waals surface area contributed by atoms with Crippen LogP contribution in [-0.4, -0.2) is 26.0 Å². The second-order valence-corrected chi connectivity index (χ2v) is 7.78. The monoisotopic (exact) mass is 261 g/mol. The second kappa shape index (κ2) is 6.74. The lowest BCUT2D eigenvalue weighted by Crippen LogP contribution is -2.36. The molecule has 102 valence electrons. The fourth-order valence-corrected chi connectivity index (χ4v) is 5.37. The molecule has 3 atom stereocenters. The van der Waals surface area contributed by atoms with Gasteiger partial charge in [-0.1, -0.05) is 39.5 Å². The SMILES string of the molecule is CCC(C)CS(=O)(=O)C1CCCCCC1CN. The first-order valence-corrected chi connectivity index (χ1v) is 8.64. The maximum atomic E-state index is 12.4. The maximum absolute atomic E-state index is 12.4. The zero-order chi connectivity index (χ0) is 12.9. The molecule has 4 heteroatoms. The lowest BCUT2D eigenvalue weighted by Gasteiger charge is -2.25. The topological polar surface area (TPSA) is 60.2 Å². The first-order valence-electron chi connectivity index (χ1n) is 6.92. The largest absolute Gasteiger partial charge is 0.330 e. The first kappa shape index (κ1) is 15.0. The molecule has 17 heavy (non-hydrogen) atoms. The average Bonchev–Trinajstić information content (AvgIpc) is 2.53. The quantitative estimate of drug-likeness (QED) is 0.773. The van der Waals surface area contributed by atoms with Crippen LogP contribution < -0.4 is 5.73 Å². The van der Waals surface area contributed by atoms with Crippen molar-refractivity contribution in [1.29, 1.82) is 0 Å². The van der Waals surface area contributed by atoms with Crippen LogP contribution in [0, 0.1) is 11.8 Å². The van der Waals surface area contributed by atoms with Gasteiger partial charge in [-0.15, -0.1) is 0 Å². The highest BCUT2D eigenvalue weighted by molar-refractivity contribution is 7.92. The zero-order valence-electron chi connectivity index (χ0n) is 11.2. The van der Waals surface area contributed by atoms with E-state index in [-0.39, 0.29) is 17.1 Å². The molecular formula is C13H27NO2S. The van der Waals surface area contributed by atoms with E-state index in [0.717, 1.165) is 38.5 Å². The molecule has 0 aliphatic heterocycles. The third kappa shape index (κ3) is 4.25. The van der Waals surface area contributed by atoms with Crippen LogP contribution in [0.5, 0.6) is 0 Å². The minimum absolute atomic E-state index is 0.177. The third-order valence-corrected chi connectivity index (χ3v) is 6.64. The van der Waals surface area contributed by atoms with Crippen molar-refractivity contribution in [2.45, 2.75) is 57.6 Å². The molecule has 0 aromatic rings. The molecule has 1 aliphatic carbocycles. The predicted molar refractivity (Wildman–Crippen MR) is 72.7 cm³/mol. The van der Waals surface area contributed by atoms with Crippen molar-refractivity contribution in [3.63, 3.8) is 0 Å².